The van der Waals surface area contributed by atoms with Gasteiger partial charge in [-0.3, -0.25) is 4.79 Å². The standard InChI is InChI=1S/C22H26O6/c1-6-27-16-9-11-19(28-7-2)17(14-16)18(23)10-8-15-12-20(24-3)22(26-5)21(13-15)25-4/h8-14H,6-7H2,1-5H3/b10-8+. The predicted octanol–water partition coefficient (Wildman–Crippen LogP) is 4.41. The van der Waals surface area contributed by atoms with Gasteiger partial charge in [0.05, 0.1) is 40.1 Å². The highest BCUT2D eigenvalue weighted by Gasteiger charge is 2.14. The number of ketones is 1. The Labute approximate surface area is 165 Å². The number of hydrogen-bond donors (Lipinski definition) is 0. The van der Waals surface area contributed by atoms with Crippen molar-refractivity contribution in [3.05, 3.63) is 47.5 Å². The van der Waals surface area contributed by atoms with Gasteiger partial charge >= 0.3 is 0 Å². The number of carbonyl (C=O) groups excluding carboxylic acids is 1. The third-order valence-corrected chi connectivity index (χ3v) is 3.94. The van der Waals surface area contributed by atoms with Crippen molar-refractivity contribution >= 4 is 11.9 Å². The van der Waals surface area contributed by atoms with E-state index in [1.165, 1.54) is 6.08 Å². The minimum Gasteiger partial charge on any atom is -0.494 e. The van der Waals surface area contributed by atoms with Crippen molar-refractivity contribution in [1.82, 2.24) is 0 Å². The van der Waals surface area contributed by atoms with Crippen LogP contribution in [-0.2, 0) is 0 Å². The summed E-state index contributed by atoms with van der Waals surface area (Å²) in [6.45, 7) is 4.74. The van der Waals surface area contributed by atoms with Crippen molar-refractivity contribution in [3.8, 4) is 28.7 Å². The van der Waals surface area contributed by atoms with Crippen molar-refractivity contribution < 1.29 is 28.5 Å². The third kappa shape index (κ3) is 4.97. The van der Waals surface area contributed by atoms with Crippen molar-refractivity contribution in [2.75, 3.05) is 34.5 Å². The van der Waals surface area contributed by atoms with Crippen LogP contribution in [-0.4, -0.2) is 40.3 Å². The van der Waals surface area contributed by atoms with E-state index in [2.05, 4.69) is 0 Å². The van der Waals surface area contributed by atoms with Crippen molar-refractivity contribution in [3.63, 3.8) is 0 Å². The summed E-state index contributed by atoms with van der Waals surface area (Å²) in [7, 11) is 4.63. The van der Waals surface area contributed by atoms with Crippen LogP contribution < -0.4 is 23.7 Å². The Morgan fingerprint density at radius 1 is 0.857 bits per heavy atom. The van der Waals surface area contributed by atoms with Gasteiger partial charge in [-0.1, -0.05) is 6.08 Å². The quantitative estimate of drug-likeness (QED) is 0.445. The molecule has 0 unspecified atom stereocenters. The maximum atomic E-state index is 12.8. The van der Waals surface area contributed by atoms with Crippen LogP contribution in [0.1, 0.15) is 29.8 Å². The van der Waals surface area contributed by atoms with Gasteiger partial charge in [0.15, 0.2) is 17.3 Å². The van der Waals surface area contributed by atoms with Crippen LogP contribution in [0.25, 0.3) is 6.08 Å². The largest absolute Gasteiger partial charge is 0.494 e. The highest BCUT2D eigenvalue weighted by molar-refractivity contribution is 6.09. The second-order valence-electron chi connectivity index (χ2n) is 5.68. The van der Waals surface area contributed by atoms with Crippen LogP contribution in [0, 0.1) is 0 Å². The van der Waals surface area contributed by atoms with E-state index in [1.807, 2.05) is 13.8 Å². The average Bonchev–Trinajstić information content (AvgIpc) is 2.72. The van der Waals surface area contributed by atoms with Crippen molar-refractivity contribution in [2.45, 2.75) is 13.8 Å². The summed E-state index contributed by atoms with van der Waals surface area (Å²) < 4.78 is 27.1. The number of hydrogen-bond acceptors (Lipinski definition) is 6. The Balaban J connectivity index is 2.36. The molecule has 0 aromatic heterocycles. The summed E-state index contributed by atoms with van der Waals surface area (Å²) >= 11 is 0. The van der Waals surface area contributed by atoms with Crippen LogP contribution in [0.2, 0.25) is 0 Å². The molecule has 2 rings (SSSR count). The molecule has 150 valence electrons. The molecule has 0 bridgehead atoms. The van der Waals surface area contributed by atoms with Gasteiger partial charge in [0.1, 0.15) is 11.5 Å². The molecule has 0 N–H and O–H groups in total. The number of rotatable bonds is 10. The number of ether oxygens (including phenoxy) is 5. The summed E-state index contributed by atoms with van der Waals surface area (Å²) in [6.07, 6.45) is 3.17. The molecule has 6 heteroatoms. The molecule has 0 saturated carbocycles. The molecule has 2 aromatic rings. The molecule has 0 atom stereocenters. The maximum absolute atomic E-state index is 12.8. The van der Waals surface area contributed by atoms with E-state index in [9.17, 15) is 4.79 Å². The van der Waals surface area contributed by atoms with Gasteiger partial charge in [0, 0.05) is 0 Å². The average molecular weight is 386 g/mol. The smallest absolute Gasteiger partial charge is 0.203 e. The van der Waals surface area contributed by atoms with E-state index in [0.29, 0.717) is 47.5 Å². The Morgan fingerprint density at radius 3 is 2.04 bits per heavy atom. The summed E-state index contributed by atoms with van der Waals surface area (Å²) in [5.74, 6) is 2.47. The molecule has 6 nitrogen and oxygen atoms in total. The van der Waals surface area contributed by atoms with E-state index >= 15 is 0 Å². The second kappa shape index (κ2) is 10.3. The summed E-state index contributed by atoms with van der Waals surface area (Å²) in [5.41, 5.74) is 1.18. The molecule has 0 fully saturated rings. The number of benzene rings is 2. The van der Waals surface area contributed by atoms with Crippen LogP contribution in [0.5, 0.6) is 28.7 Å². The molecule has 0 amide bonds. The van der Waals surface area contributed by atoms with E-state index in [4.69, 9.17) is 23.7 Å². The first kappa shape index (κ1) is 21.2. The van der Waals surface area contributed by atoms with E-state index < -0.39 is 0 Å². The number of carbonyl (C=O) groups is 1. The van der Waals surface area contributed by atoms with Gasteiger partial charge in [-0.15, -0.1) is 0 Å². The lowest BCUT2D eigenvalue weighted by Crippen LogP contribution is -2.03. The highest BCUT2D eigenvalue weighted by atomic mass is 16.5. The van der Waals surface area contributed by atoms with Crippen molar-refractivity contribution in [1.29, 1.82) is 0 Å². The summed E-state index contributed by atoms with van der Waals surface area (Å²) in [4.78, 5) is 12.8. The fourth-order valence-corrected chi connectivity index (χ4v) is 2.70. The maximum Gasteiger partial charge on any atom is 0.203 e. The zero-order valence-corrected chi connectivity index (χ0v) is 16.9. The predicted molar refractivity (Wildman–Crippen MR) is 108 cm³/mol. The van der Waals surface area contributed by atoms with Gasteiger partial charge in [-0.2, -0.15) is 0 Å². The zero-order chi connectivity index (χ0) is 20.5. The van der Waals surface area contributed by atoms with Gasteiger partial charge in [-0.25, -0.2) is 0 Å². The monoisotopic (exact) mass is 386 g/mol. The number of allylic oxidation sites excluding steroid dienone is 1. The second-order valence-corrected chi connectivity index (χ2v) is 5.68. The van der Waals surface area contributed by atoms with Crippen molar-refractivity contribution in [2.24, 2.45) is 0 Å². The molecule has 2 aromatic carbocycles. The normalized spacial score (nSPS) is 10.6. The lowest BCUT2D eigenvalue weighted by molar-refractivity contribution is 0.104. The van der Waals surface area contributed by atoms with Gasteiger partial charge in [-0.05, 0) is 55.8 Å². The molecule has 0 aliphatic rings. The first-order valence-corrected chi connectivity index (χ1v) is 8.99. The molecular weight excluding hydrogens is 360 g/mol. The SMILES string of the molecule is CCOc1ccc(OCC)c(C(=O)/C=C/c2cc(OC)c(OC)c(OC)c2)c1. The fourth-order valence-electron chi connectivity index (χ4n) is 2.70. The molecule has 0 heterocycles. The minimum absolute atomic E-state index is 0.196. The Morgan fingerprint density at radius 2 is 1.50 bits per heavy atom. The van der Waals surface area contributed by atoms with Crippen LogP contribution in [0.15, 0.2) is 36.4 Å². The topological polar surface area (TPSA) is 63.2 Å². The van der Waals surface area contributed by atoms with E-state index in [0.717, 1.165) is 5.56 Å². The van der Waals surface area contributed by atoms with Crippen LogP contribution in [0.4, 0.5) is 0 Å². The van der Waals surface area contributed by atoms with E-state index in [1.54, 1.807) is 57.7 Å². The highest BCUT2D eigenvalue weighted by Crippen LogP contribution is 2.38. The van der Waals surface area contributed by atoms with Gasteiger partial charge < -0.3 is 23.7 Å². The minimum atomic E-state index is -0.196. The molecule has 0 aliphatic carbocycles. The van der Waals surface area contributed by atoms with Gasteiger partial charge in [0.25, 0.3) is 0 Å². The molecule has 0 saturated heterocycles. The third-order valence-electron chi connectivity index (χ3n) is 3.94. The Bertz CT molecular complexity index is 816. The molecule has 0 spiro atoms. The molecule has 0 radical (unpaired) electrons. The van der Waals surface area contributed by atoms with E-state index in [-0.39, 0.29) is 5.78 Å². The Kier molecular flexibility index (Phi) is 7.75. The fraction of sp³-hybridized carbons (Fsp3) is 0.318. The summed E-state index contributed by atoms with van der Waals surface area (Å²) in [5, 5.41) is 0. The molecule has 0 aliphatic heterocycles. The molecular formula is C22H26O6. The van der Waals surface area contributed by atoms with Crippen LogP contribution in [0.3, 0.4) is 0 Å². The lowest BCUT2D eigenvalue weighted by atomic mass is 10.1. The lowest BCUT2D eigenvalue weighted by Gasteiger charge is -2.13. The first-order chi connectivity index (χ1) is 13.6. The van der Waals surface area contributed by atoms with Crippen LogP contribution >= 0.6 is 0 Å². The number of methoxy groups -OCH3 is 3. The first-order valence-electron chi connectivity index (χ1n) is 8.99. The molecule has 28 heavy (non-hydrogen) atoms. The van der Waals surface area contributed by atoms with Gasteiger partial charge in [0.2, 0.25) is 5.75 Å². The zero-order valence-electron chi connectivity index (χ0n) is 16.9. The Hall–Kier alpha value is -3.15. The summed E-state index contributed by atoms with van der Waals surface area (Å²) in [6, 6.07) is 8.76.